The van der Waals surface area contributed by atoms with E-state index in [1.807, 2.05) is 13.0 Å². The average molecular weight is 342 g/mol. The van der Waals surface area contributed by atoms with Crippen molar-refractivity contribution in [3.05, 3.63) is 60.2 Å². The smallest absolute Gasteiger partial charge is 0.336 e. The molecule has 1 aliphatic rings. The van der Waals surface area contributed by atoms with Gasteiger partial charge in [0.2, 0.25) is 0 Å². The van der Waals surface area contributed by atoms with Crippen LogP contribution >= 0.6 is 0 Å². The van der Waals surface area contributed by atoms with E-state index in [9.17, 15) is 9.90 Å². The summed E-state index contributed by atoms with van der Waals surface area (Å²) >= 11 is 0. The number of aliphatic hydroxyl groups is 1. The summed E-state index contributed by atoms with van der Waals surface area (Å²) < 4.78 is 10.9. The van der Waals surface area contributed by atoms with Gasteiger partial charge >= 0.3 is 5.97 Å². The molecule has 4 heteroatoms. The van der Waals surface area contributed by atoms with Crippen molar-refractivity contribution < 1.29 is 19.4 Å². The Kier molecular flexibility index (Phi) is 7.48. The summed E-state index contributed by atoms with van der Waals surface area (Å²) in [6, 6.07) is 7.04. The predicted octanol–water partition coefficient (Wildman–Crippen LogP) is 4.21. The molecule has 2 rings (SSSR count). The van der Waals surface area contributed by atoms with E-state index < -0.39 is 12.1 Å². The topological polar surface area (TPSA) is 55.8 Å². The molecule has 2 unspecified atom stereocenters. The first-order chi connectivity index (χ1) is 12.1. The first kappa shape index (κ1) is 19.0. The standard InChI is InChI=1S/C21H26O4/c1-3-4-5-14-24-18-8-10-19(11-9-18)25-21(23)13-7-17-6-12-20(22)16(2)15-17/h6-13,15-16,20,22H,3-5,14H2,1-2H3/b13-7+. The van der Waals surface area contributed by atoms with Gasteiger partial charge in [-0.2, -0.15) is 0 Å². The van der Waals surface area contributed by atoms with E-state index in [2.05, 4.69) is 6.92 Å². The highest BCUT2D eigenvalue weighted by atomic mass is 16.5. The van der Waals surface area contributed by atoms with Crippen LogP contribution in [0.5, 0.6) is 11.5 Å². The first-order valence-electron chi connectivity index (χ1n) is 8.79. The SMILES string of the molecule is CCCCCOc1ccc(OC(=O)/C=C/C2=CC(C)C(O)C=C2)cc1. The normalized spacial score (nSPS) is 19.7. The lowest BCUT2D eigenvalue weighted by Crippen LogP contribution is -2.15. The fourth-order valence-electron chi connectivity index (χ4n) is 2.41. The van der Waals surface area contributed by atoms with Crippen LogP contribution in [0.15, 0.2) is 60.2 Å². The van der Waals surface area contributed by atoms with Crippen molar-refractivity contribution in [2.45, 2.75) is 39.2 Å². The van der Waals surface area contributed by atoms with Crippen molar-refractivity contribution in [3.8, 4) is 11.5 Å². The van der Waals surface area contributed by atoms with Crippen molar-refractivity contribution in [1.82, 2.24) is 0 Å². The molecular weight excluding hydrogens is 316 g/mol. The Balaban J connectivity index is 1.81. The molecular formula is C21H26O4. The van der Waals surface area contributed by atoms with Crippen molar-refractivity contribution in [2.75, 3.05) is 6.61 Å². The maximum Gasteiger partial charge on any atom is 0.336 e. The van der Waals surface area contributed by atoms with Gasteiger partial charge in [0.25, 0.3) is 0 Å². The number of carbonyl (C=O) groups excluding carboxylic acids is 1. The Bertz CT molecular complexity index is 640. The summed E-state index contributed by atoms with van der Waals surface area (Å²) in [6.45, 7) is 4.78. The molecule has 1 aromatic rings. The molecule has 0 fully saturated rings. The minimum absolute atomic E-state index is 0.0329. The Labute approximate surface area is 149 Å². The van der Waals surface area contributed by atoms with Crippen molar-refractivity contribution in [3.63, 3.8) is 0 Å². The fourth-order valence-corrected chi connectivity index (χ4v) is 2.41. The second-order valence-electron chi connectivity index (χ2n) is 6.16. The third-order valence-electron chi connectivity index (χ3n) is 3.95. The van der Waals surface area contributed by atoms with Crippen LogP contribution in [0.4, 0.5) is 0 Å². The van der Waals surface area contributed by atoms with Gasteiger partial charge in [0.1, 0.15) is 11.5 Å². The number of esters is 1. The zero-order valence-corrected chi connectivity index (χ0v) is 14.9. The number of carbonyl (C=O) groups is 1. The Morgan fingerprint density at radius 3 is 2.60 bits per heavy atom. The van der Waals surface area contributed by atoms with Gasteiger partial charge in [-0.05, 0) is 42.3 Å². The zero-order chi connectivity index (χ0) is 18.1. The number of aliphatic hydroxyl groups excluding tert-OH is 1. The molecule has 0 amide bonds. The molecule has 2 atom stereocenters. The summed E-state index contributed by atoms with van der Waals surface area (Å²) in [4.78, 5) is 11.9. The minimum Gasteiger partial charge on any atom is -0.494 e. The zero-order valence-electron chi connectivity index (χ0n) is 14.9. The lowest BCUT2D eigenvalue weighted by Gasteiger charge is -2.16. The van der Waals surface area contributed by atoms with Crippen LogP contribution in [0.3, 0.4) is 0 Å². The van der Waals surface area contributed by atoms with E-state index in [0.717, 1.165) is 30.6 Å². The number of hydrogen-bond donors (Lipinski definition) is 1. The minimum atomic E-state index is -0.466. The quantitative estimate of drug-likeness (QED) is 0.333. The number of ether oxygens (including phenoxy) is 2. The van der Waals surface area contributed by atoms with Crippen molar-refractivity contribution in [2.24, 2.45) is 5.92 Å². The van der Waals surface area contributed by atoms with E-state index in [1.54, 1.807) is 42.5 Å². The van der Waals surface area contributed by atoms with Crippen LogP contribution in [0.2, 0.25) is 0 Å². The third kappa shape index (κ3) is 6.59. The second-order valence-corrected chi connectivity index (χ2v) is 6.16. The number of benzene rings is 1. The molecule has 1 N–H and O–H groups in total. The largest absolute Gasteiger partial charge is 0.494 e. The number of unbranched alkanes of at least 4 members (excludes halogenated alkanes) is 2. The highest BCUT2D eigenvalue weighted by molar-refractivity contribution is 5.84. The molecule has 0 heterocycles. The van der Waals surface area contributed by atoms with Crippen LogP contribution in [-0.2, 0) is 4.79 Å². The molecule has 1 aliphatic carbocycles. The van der Waals surface area contributed by atoms with E-state index in [-0.39, 0.29) is 5.92 Å². The summed E-state index contributed by atoms with van der Waals surface area (Å²) in [7, 11) is 0. The van der Waals surface area contributed by atoms with Crippen LogP contribution in [-0.4, -0.2) is 23.8 Å². The number of hydrogen-bond acceptors (Lipinski definition) is 4. The number of rotatable bonds is 8. The van der Waals surface area contributed by atoms with Gasteiger partial charge in [-0.1, -0.05) is 44.9 Å². The Morgan fingerprint density at radius 2 is 1.92 bits per heavy atom. The Morgan fingerprint density at radius 1 is 1.20 bits per heavy atom. The fraction of sp³-hybridized carbons (Fsp3) is 0.381. The van der Waals surface area contributed by atoms with E-state index >= 15 is 0 Å². The van der Waals surface area contributed by atoms with Gasteiger partial charge in [-0.3, -0.25) is 0 Å². The van der Waals surface area contributed by atoms with Gasteiger partial charge in [0.15, 0.2) is 0 Å². The molecule has 25 heavy (non-hydrogen) atoms. The van der Waals surface area contributed by atoms with Gasteiger partial charge in [0.05, 0.1) is 12.7 Å². The maximum absolute atomic E-state index is 11.9. The van der Waals surface area contributed by atoms with Crippen LogP contribution in [0.25, 0.3) is 0 Å². The molecule has 0 spiro atoms. The van der Waals surface area contributed by atoms with Gasteiger partial charge < -0.3 is 14.6 Å². The molecule has 0 bridgehead atoms. The monoisotopic (exact) mass is 342 g/mol. The second kappa shape index (κ2) is 9.84. The predicted molar refractivity (Wildman–Crippen MR) is 98.6 cm³/mol. The van der Waals surface area contributed by atoms with Crippen molar-refractivity contribution >= 4 is 5.97 Å². The highest BCUT2D eigenvalue weighted by Gasteiger charge is 2.12. The van der Waals surface area contributed by atoms with Gasteiger partial charge in [-0.25, -0.2) is 4.79 Å². The maximum atomic E-state index is 11.9. The first-order valence-corrected chi connectivity index (χ1v) is 8.79. The van der Waals surface area contributed by atoms with Crippen LogP contribution < -0.4 is 9.47 Å². The van der Waals surface area contributed by atoms with Crippen molar-refractivity contribution in [1.29, 1.82) is 0 Å². The molecule has 4 nitrogen and oxygen atoms in total. The van der Waals surface area contributed by atoms with Crippen LogP contribution in [0.1, 0.15) is 33.1 Å². The lowest BCUT2D eigenvalue weighted by atomic mass is 9.95. The molecule has 0 aliphatic heterocycles. The molecule has 1 aromatic carbocycles. The van der Waals surface area contributed by atoms with E-state index in [0.29, 0.717) is 12.4 Å². The summed E-state index contributed by atoms with van der Waals surface area (Å²) in [5, 5.41) is 9.61. The third-order valence-corrected chi connectivity index (χ3v) is 3.95. The summed E-state index contributed by atoms with van der Waals surface area (Å²) in [5.74, 6) is 0.847. The Hall–Kier alpha value is -2.33. The number of allylic oxidation sites excluding steroid dienone is 3. The van der Waals surface area contributed by atoms with Gasteiger partial charge in [0, 0.05) is 12.0 Å². The summed E-state index contributed by atoms with van der Waals surface area (Å²) in [6.07, 6.45) is 11.4. The molecule has 134 valence electrons. The summed E-state index contributed by atoms with van der Waals surface area (Å²) in [5.41, 5.74) is 0.880. The molecule has 0 radical (unpaired) electrons. The highest BCUT2D eigenvalue weighted by Crippen LogP contribution is 2.19. The average Bonchev–Trinajstić information content (AvgIpc) is 2.61. The van der Waals surface area contributed by atoms with E-state index in [4.69, 9.17) is 9.47 Å². The van der Waals surface area contributed by atoms with Crippen LogP contribution in [0, 0.1) is 5.92 Å². The lowest BCUT2D eigenvalue weighted by molar-refractivity contribution is -0.129. The molecule has 0 aromatic heterocycles. The van der Waals surface area contributed by atoms with E-state index in [1.165, 1.54) is 6.08 Å². The molecule has 0 saturated carbocycles. The molecule has 0 saturated heterocycles. The van der Waals surface area contributed by atoms with Gasteiger partial charge in [-0.15, -0.1) is 0 Å².